The molecule has 1 aromatic rings. The molecule has 0 spiro atoms. The van der Waals surface area contributed by atoms with Crippen LogP contribution in [-0.2, 0) is 16.0 Å². The second kappa shape index (κ2) is 7.56. The number of hydrogen-bond donors (Lipinski definition) is 0. The Morgan fingerprint density at radius 3 is 2.58 bits per heavy atom. The number of likely N-dealkylation sites (tertiary alicyclic amines) is 2. The van der Waals surface area contributed by atoms with Gasteiger partial charge in [-0.3, -0.25) is 9.59 Å². The van der Waals surface area contributed by atoms with E-state index in [1.54, 1.807) is 6.92 Å². The Balaban J connectivity index is 1.70. The summed E-state index contributed by atoms with van der Waals surface area (Å²) < 4.78 is 0. The third-order valence-corrected chi connectivity index (χ3v) is 5.60. The van der Waals surface area contributed by atoms with E-state index in [9.17, 15) is 9.59 Å². The van der Waals surface area contributed by atoms with E-state index in [4.69, 9.17) is 11.6 Å². The zero-order chi connectivity index (χ0) is 17.1. The Kier molecular flexibility index (Phi) is 5.44. The van der Waals surface area contributed by atoms with Crippen LogP contribution < -0.4 is 0 Å². The number of hydrogen-bond acceptors (Lipinski definition) is 2. The minimum Gasteiger partial charge on any atom is -0.343 e. The average molecular weight is 349 g/mol. The first-order chi connectivity index (χ1) is 11.5. The van der Waals surface area contributed by atoms with Gasteiger partial charge >= 0.3 is 0 Å². The topological polar surface area (TPSA) is 40.6 Å². The summed E-state index contributed by atoms with van der Waals surface area (Å²) >= 11 is 5.92. The fourth-order valence-electron chi connectivity index (χ4n) is 4.04. The summed E-state index contributed by atoms with van der Waals surface area (Å²) in [5.41, 5.74) is 1.01. The molecular formula is C19H25ClN2O2. The lowest BCUT2D eigenvalue weighted by Gasteiger charge is -2.42. The van der Waals surface area contributed by atoms with E-state index in [1.165, 1.54) is 0 Å². The van der Waals surface area contributed by atoms with Crippen molar-refractivity contribution in [1.82, 2.24) is 9.80 Å². The van der Waals surface area contributed by atoms with Crippen molar-refractivity contribution < 1.29 is 9.59 Å². The van der Waals surface area contributed by atoms with E-state index >= 15 is 0 Å². The quantitative estimate of drug-likeness (QED) is 0.823. The predicted octanol–water partition coefficient (Wildman–Crippen LogP) is 3.13. The summed E-state index contributed by atoms with van der Waals surface area (Å²) in [6.07, 6.45) is 4.63. The van der Waals surface area contributed by atoms with Crippen LogP contribution in [0.1, 0.15) is 38.2 Å². The van der Waals surface area contributed by atoms with Gasteiger partial charge in [-0.25, -0.2) is 0 Å². The Morgan fingerprint density at radius 1 is 1.12 bits per heavy atom. The largest absolute Gasteiger partial charge is 0.343 e. The van der Waals surface area contributed by atoms with Gasteiger partial charge in [0.2, 0.25) is 11.8 Å². The normalized spacial score (nSPS) is 24.2. The van der Waals surface area contributed by atoms with Gasteiger partial charge in [0.1, 0.15) is 0 Å². The molecule has 2 aliphatic heterocycles. The number of fused-ring (bicyclic) bond motifs is 1. The van der Waals surface area contributed by atoms with Crippen LogP contribution in [0.2, 0.25) is 5.02 Å². The summed E-state index contributed by atoms with van der Waals surface area (Å²) in [7, 11) is 0. The Hall–Kier alpha value is -1.55. The van der Waals surface area contributed by atoms with Gasteiger partial charge in [0, 0.05) is 37.6 Å². The smallest absolute Gasteiger partial charge is 0.227 e. The molecule has 2 amide bonds. The average Bonchev–Trinajstić information content (AvgIpc) is 2.78. The highest BCUT2D eigenvalue weighted by molar-refractivity contribution is 6.30. The fourth-order valence-corrected chi connectivity index (χ4v) is 4.17. The third kappa shape index (κ3) is 3.92. The van der Waals surface area contributed by atoms with Crippen molar-refractivity contribution in [2.75, 3.05) is 19.6 Å². The van der Waals surface area contributed by atoms with Gasteiger partial charge in [-0.1, -0.05) is 30.2 Å². The van der Waals surface area contributed by atoms with Crippen LogP contribution in [-0.4, -0.2) is 47.3 Å². The van der Waals surface area contributed by atoms with Crippen LogP contribution in [0.4, 0.5) is 0 Å². The van der Waals surface area contributed by atoms with Gasteiger partial charge in [0.05, 0.1) is 6.42 Å². The van der Waals surface area contributed by atoms with Crippen molar-refractivity contribution in [2.24, 2.45) is 5.92 Å². The molecule has 0 unspecified atom stereocenters. The molecule has 0 aliphatic carbocycles. The molecule has 2 atom stereocenters. The van der Waals surface area contributed by atoms with Crippen LogP contribution in [0.15, 0.2) is 24.3 Å². The molecule has 0 aromatic heterocycles. The van der Waals surface area contributed by atoms with E-state index in [0.29, 0.717) is 17.4 Å². The molecule has 130 valence electrons. The van der Waals surface area contributed by atoms with Gasteiger partial charge < -0.3 is 9.80 Å². The number of rotatable bonds is 2. The van der Waals surface area contributed by atoms with Crippen molar-refractivity contribution in [3.63, 3.8) is 0 Å². The van der Waals surface area contributed by atoms with Crippen LogP contribution in [0.3, 0.4) is 0 Å². The number of carbonyl (C=O) groups excluding carboxylic acids is 2. The molecule has 0 N–H and O–H groups in total. The lowest BCUT2D eigenvalue weighted by atomic mass is 9.88. The first kappa shape index (κ1) is 17.3. The second-order valence-corrected chi connectivity index (χ2v) is 7.40. The van der Waals surface area contributed by atoms with E-state index in [1.807, 2.05) is 29.2 Å². The van der Waals surface area contributed by atoms with Crippen molar-refractivity contribution in [2.45, 2.75) is 45.1 Å². The molecule has 0 bridgehead atoms. The first-order valence-electron chi connectivity index (χ1n) is 8.84. The zero-order valence-corrected chi connectivity index (χ0v) is 15.0. The summed E-state index contributed by atoms with van der Waals surface area (Å²) in [4.78, 5) is 28.6. The van der Waals surface area contributed by atoms with Crippen molar-refractivity contribution in [3.8, 4) is 0 Å². The lowest BCUT2D eigenvalue weighted by Crippen LogP contribution is -2.53. The van der Waals surface area contributed by atoms with Crippen LogP contribution >= 0.6 is 11.6 Å². The van der Waals surface area contributed by atoms with Crippen molar-refractivity contribution in [1.29, 1.82) is 0 Å². The van der Waals surface area contributed by atoms with Gasteiger partial charge in [-0.05, 0) is 42.9 Å². The summed E-state index contributed by atoms with van der Waals surface area (Å²) in [6.45, 7) is 4.04. The molecule has 24 heavy (non-hydrogen) atoms. The molecule has 2 fully saturated rings. The highest BCUT2D eigenvalue weighted by Crippen LogP contribution is 2.30. The number of benzene rings is 1. The Labute approximate surface area is 148 Å². The van der Waals surface area contributed by atoms with Crippen LogP contribution in [0.25, 0.3) is 0 Å². The molecule has 3 rings (SSSR count). The minimum absolute atomic E-state index is 0.150. The minimum atomic E-state index is 0.150. The number of nitrogens with zero attached hydrogens (tertiary/aromatic N) is 2. The monoisotopic (exact) mass is 348 g/mol. The standard InChI is InChI=1S/C19H25ClN2O2/c1-14(23)21-11-9-18-16(13-21)4-2-3-10-22(18)19(24)12-15-5-7-17(20)8-6-15/h5-8,16,18H,2-4,9-13H2,1H3/t16-,18-/m1/s1. The molecule has 0 saturated carbocycles. The van der Waals surface area contributed by atoms with Crippen molar-refractivity contribution in [3.05, 3.63) is 34.9 Å². The molecule has 1 aromatic carbocycles. The molecule has 2 saturated heterocycles. The van der Waals surface area contributed by atoms with Crippen molar-refractivity contribution >= 4 is 23.4 Å². The molecule has 4 nitrogen and oxygen atoms in total. The fraction of sp³-hybridized carbons (Fsp3) is 0.579. The summed E-state index contributed by atoms with van der Waals surface area (Å²) in [6, 6.07) is 7.80. The maximum Gasteiger partial charge on any atom is 0.227 e. The Morgan fingerprint density at radius 2 is 1.88 bits per heavy atom. The van der Waals surface area contributed by atoms with Gasteiger partial charge in [0.25, 0.3) is 0 Å². The van der Waals surface area contributed by atoms with E-state index in [2.05, 4.69) is 4.90 Å². The lowest BCUT2D eigenvalue weighted by molar-refractivity contribution is -0.137. The summed E-state index contributed by atoms with van der Waals surface area (Å²) in [5, 5.41) is 0.692. The maximum atomic E-state index is 12.9. The van der Waals surface area contributed by atoms with Crippen LogP contribution in [0.5, 0.6) is 0 Å². The number of piperidine rings is 1. The maximum absolute atomic E-state index is 12.9. The van der Waals surface area contributed by atoms with E-state index in [-0.39, 0.29) is 17.9 Å². The molecule has 5 heteroatoms. The SMILES string of the molecule is CC(=O)N1CC[C@@H]2[C@H](CCCCN2C(=O)Cc2ccc(Cl)cc2)C1. The highest BCUT2D eigenvalue weighted by atomic mass is 35.5. The molecule has 0 radical (unpaired) electrons. The molecule has 2 heterocycles. The number of halogens is 1. The first-order valence-corrected chi connectivity index (χ1v) is 9.22. The van der Waals surface area contributed by atoms with Gasteiger partial charge in [-0.15, -0.1) is 0 Å². The van der Waals surface area contributed by atoms with Gasteiger partial charge in [-0.2, -0.15) is 0 Å². The Bertz CT molecular complexity index is 602. The van der Waals surface area contributed by atoms with E-state index < -0.39 is 0 Å². The zero-order valence-electron chi connectivity index (χ0n) is 14.2. The van der Waals surface area contributed by atoms with Gasteiger partial charge in [0.15, 0.2) is 0 Å². The highest BCUT2D eigenvalue weighted by Gasteiger charge is 2.37. The summed E-state index contributed by atoms with van der Waals surface area (Å²) in [5.74, 6) is 0.765. The van der Waals surface area contributed by atoms with E-state index in [0.717, 1.165) is 50.9 Å². The van der Waals surface area contributed by atoms with Crippen LogP contribution in [0, 0.1) is 5.92 Å². The molecule has 2 aliphatic rings. The molecular weight excluding hydrogens is 324 g/mol. The third-order valence-electron chi connectivity index (χ3n) is 5.35. The number of amides is 2. The second-order valence-electron chi connectivity index (χ2n) is 6.97. The number of carbonyl (C=O) groups is 2. The predicted molar refractivity (Wildman–Crippen MR) is 94.9 cm³/mol.